The van der Waals surface area contributed by atoms with Gasteiger partial charge in [-0.05, 0) is 42.5 Å². The maximum Gasteiger partial charge on any atom is 0.255 e. The van der Waals surface area contributed by atoms with Crippen molar-refractivity contribution < 1.29 is 18.7 Å². The Morgan fingerprint density at radius 1 is 1.20 bits per heavy atom. The lowest BCUT2D eigenvalue weighted by atomic mass is 10.2. The SMILES string of the molecule is Cn1ccnc1COc1ccc(C(=O)Nc2ccc(N3CCOCC3)c(F)c2)cc1. The van der Waals surface area contributed by atoms with Gasteiger partial charge in [-0.1, -0.05) is 0 Å². The summed E-state index contributed by atoms with van der Waals surface area (Å²) in [6.07, 6.45) is 3.56. The number of aromatic nitrogens is 2. The molecule has 0 aliphatic carbocycles. The van der Waals surface area contributed by atoms with E-state index in [1.54, 1.807) is 42.6 Å². The number of amides is 1. The predicted octanol–water partition coefficient (Wildman–Crippen LogP) is 3.23. The molecule has 0 saturated carbocycles. The minimum Gasteiger partial charge on any atom is -0.486 e. The van der Waals surface area contributed by atoms with Crippen molar-refractivity contribution >= 4 is 17.3 Å². The van der Waals surface area contributed by atoms with Crippen LogP contribution in [0.3, 0.4) is 0 Å². The van der Waals surface area contributed by atoms with E-state index in [2.05, 4.69) is 10.3 Å². The number of hydrogen-bond acceptors (Lipinski definition) is 5. The zero-order chi connectivity index (χ0) is 20.9. The van der Waals surface area contributed by atoms with Crippen molar-refractivity contribution in [3.8, 4) is 5.75 Å². The van der Waals surface area contributed by atoms with Gasteiger partial charge in [-0.2, -0.15) is 0 Å². The van der Waals surface area contributed by atoms with E-state index in [-0.39, 0.29) is 11.7 Å². The molecule has 1 aliphatic heterocycles. The maximum absolute atomic E-state index is 14.5. The van der Waals surface area contributed by atoms with E-state index in [1.807, 2.05) is 22.7 Å². The normalized spacial score (nSPS) is 13.9. The highest BCUT2D eigenvalue weighted by Gasteiger charge is 2.16. The Balaban J connectivity index is 1.36. The average molecular weight is 410 g/mol. The minimum atomic E-state index is -0.368. The Kier molecular flexibility index (Phi) is 5.94. The molecule has 1 aromatic heterocycles. The van der Waals surface area contributed by atoms with Gasteiger partial charge < -0.3 is 24.3 Å². The number of anilines is 2. The van der Waals surface area contributed by atoms with Gasteiger partial charge in [0, 0.05) is 43.8 Å². The second-order valence-corrected chi connectivity index (χ2v) is 6.99. The first-order chi connectivity index (χ1) is 14.6. The van der Waals surface area contributed by atoms with Gasteiger partial charge in [0.15, 0.2) is 0 Å². The molecule has 1 aliphatic rings. The van der Waals surface area contributed by atoms with Crippen LogP contribution in [0.1, 0.15) is 16.2 Å². The highest BCUT2D eigenvalue weighted by molar-refractivity contribution is 6.04. The summed E-state index contributed by atoms with van der Waals surface area (Å²) >= 11 is 0. The number of aryl methyl sites for hydroxylation is 1. The van der Waals surface area contributed by atoms with Crippen molar-refractivity contribution in [2.75, 3.05) is 36.5 Å². The smallest absolute Gasteiger partial charge is 0.255 e. The second-order valence-electron chi connectivity index (χ2n) is 6.99. The summed E-state index contributed by atoms with van der Waals surface area (Å²) in [4.78, 5) is 18.6. The number of nitrogens with one attached hydrogen (secondary N) is 1. The fraction of sp³-hybridized carbons (Fsp3) is 0.273. The third-order valence-corrected chi connectivity index (χ3v) is 4.96. The fourth-order valence-corrected chi connectivity index (χ4v) is 3.23. The highest BCUT2D eigenvalue weighted by Crippen LogP contribution is 2.24. The Morgan fingerprint density at radius 3 is 2.63 bits per heavy atom. The van der Waals surface area contributed by atoms with Crippen LogP contribution in [-0.4, -0.2) is 41.8 Å². The summed E-state index contributed by atoms with van der Waals surface area (Å²) in [5.74, 6) is 0.756. The molecule has 1 saturated heterocycles. The summed E-state index contributed by atoms with van der Waals surface area (Å²) in [6.45, 7) is 2.80. The molecule has 4 rings (SSSR count). The number of nitrogens with zero attached hydrogens (tertiary/aromatic N) is 3. The highest BCUT2D eigenvalue weighted by atomic mass is 19.1. The van der Waals surface area contributed by atoms with Crippen LogP contribution in [0.5, 0.6) is 5.75 Å². The fourth-order valence-electron chi connectivity index (χ4n) is 3.23. The predicted molar refractivity (Wildman–Crippen MR) is 111 cm³/mol. The van der Waals surface area contributed by atoms with Gasteiger partial charge in [-0.3, -0.25) is 4.79 Å². The Labute approximate surface area is 174 Å². The molecule has 0 unspecified atom stereocenters. The molecule has 0 atom stereocenters. The van der Waals surface area contributed by atoms with Gasteiger partial charge in [0.05, 0.1) is 18.9 Å². The van der Waals surface area contributed by atoms with Gasteiger partial charge in [0.25, 0.3) is 5.91 Å². The molecule has 1 amide bonds. The molecule has 1 N–H and O–H groups in total. The van der Waals surface area contributed by atoms with Crippen molar-refractivity contribution in [2.45, 2.75) is 6.61 Å². The monoisotopic (exact) mass is 410 g/mol. The second kappa shape index (κ2) is 8.96. The van der Waals surface area contributed by atoms with E-state index in [0.717, 1.165) is 5.82 Å². The molecule has 30 heavy (non-hydrogen) atoms. The summed E-state index contributed by atoms with van der Waals surface area (Å²) in [6, 6.07) is 11.5. The number of morpholine rings is 1. The molecule has 0 bridgehead atoms. The lowest BCUT2D eigenvalue weighted by Crippen LogP contribution is -2.36. The molecule has 8 heteroatoms. The topological polar surface area (TPSA) is 68.6 Å². The van der Waals surface area contributed by atoms with Crippen molar-refractivity contribution in [3.05, 3.63) is 72.1 Å². The number of imidazole rings is 1. The van der Waals surface area contributed by atoms with Crippen LogP contribution in [0.2, 0.25) is 0 Å². The summed E-state index contributed by atoms with van der Waals surface area (Å²) in [5.41, 5.74) is 1.38. The molecule has 156 valence electrons. The molecule has 3 aromatic rings. The summed E-state index contributed by atoms with van der Waals surface area (Å²) < 4.78 is 27.4. The lowest BCUT2D eigenvalue weighted by Gasteiger charge is -2.29. The third-order valence-electron chi connectivity index (χ3n) is 4.96. The standard InChI is InChI=1S/C22H23FN4O3/c1-26-9-8-24-21(26)15-30-18-5-2-16(3-6-18)22(28)25-17-4-7-20(19(23)14-17)27-10-12-29-13-11-27/h2-9,14H,10-13,15H2,1H3,(H,25,28). The van der Waals surface area contributed by atoms with E-state index < -0.39 is 0 Å². The van der Waals surface area contributed by atoms with E-state index >= 15 is 0 Å². The summed E-state index contributed by atoms with van der Waals surface area (Å²) in [5, 5.41) is 2.73. The van der Waals surface area contributed by atoms with Crippen molar-refractivity contribution in [1.29, 1.82) is 0 Å². The number of benzene rings is 2. The third kappa shape index (κ3) is 4.60. The van der Waals surface area contributed by atoms with Gasteiger partial charge in [0.2, 0.25) is 0 Å². The Hall–Kier alpha value is -3.39. The van der Waals surface area contributed by atoms with E-state index in [9.17, 15) is 9.18 Å². The number of hydrogen-bond donors (Lipinski definition) is 1. The van der Waals surface area contributed by atoms with Crippen LogP contribution in [0, 0.1) is 5.82 Å². The molecule has 2 aromatic carbocycles. The van der Waals surface area contributed by atoms with Crippen molar-refractivity contribution in [3.63, 3.8) is 0 Å². The molecular formula is C22H23FN4O3. The first-order valence-electron chi connectivity index (χ1n) is 9.73. The van der Waals surface area contributed by atoms with Crippen LogP contribution in [-0.2, 0) is 18.4 Å². The number of halogens is 1. The molecule has 2 heterocycles. The molecular weight excluding hydrogens is 387 g/mol. The van der Waals surface area contributed by atoms with Crippen LogP contribution in [0.25, 0.3) is 0 Å². The molecule has 0 spiro atoms. The number of carbonyl (C=O) groups is 1. The van der Waals surface area contributed by atoms with Crippen LogP contribution >= 0.6 is 0 Å². The van der Waals surface area contributed by atoms with Crippen LogP contribution in [0.4, 0.5) is 15.8 Å². The quantitative estimate of drug-likeness (QED) is 0.676. The first kappa shape index (κ1) is 19.9. The van der Waals surface area contributed by atoms with Crippen molar-refractivity contribution in [2.24, 2.45) is 7.05 Å². The van der Waals surface area contributed by atoms with E-state index in [0.29, 0.717) is 55.6 Å². The van der Waals surface area contributed by atoms with Gasteiger partial charge in [0.1, 0.15) is 24.0 Å². The zero-order valence-electron chi connectivity index (χ0n) is 16.7. The number of rotatable bonds is 6. The van der Waals surface area contributed by atoms with Crippen LogP contribution < -0.4 is 15.0 Å². The van der Waals surface area contributed by atoms with E-state index in [4.69, 9.17) is 9.47 Å². The molecule has 1 fully saturated rings. The zero-order valence-corrected chi connectivity index (χ0v) is 16.7. The van der Waals surface area contributed by atoms with E-state index in [1.165, 1.54) is 6.07 Å². The maximum atomic E-state index is 14.5. The molecule has 0 radical (unpaired) electrons. The number of ether oxygens (including phenoxy) is 2. The first-order valence-corrected chi connectivity index (χ1v) is 9.73. The Bertz CT molecular complexity index is 1010. The molecule has 7 nitrogen and oxygen atoms in total. The van der Waals surface area contributed by atoms with Crippen LogP contribution in [0.15, 0.2) is 54.9 Å². The lowest BCUT2D eigenvalue weighted by molar-refractivity contribution is 0.102. The minimum absolute atomic E-state index is 0.316. The average Bonchev–Trinajstić information content (AvgIpc) is 3.18. The summed E-state index contributed by atoms with van der Waals surface area (Å²) in [7, 11) is 1.90. The van der Waals surface area contributed by atoms with Gasteiger partial charge >= 0.3 is 0 Å². The van der Waals surface area contributed by atoms with Gasteiger partial charge in [-0.15, -0.1) is 0 Å². The Morgan fingerprint density at radius 2 is 1.97 bits per heavy atom. The van der Waals surface area contributed by atoms with Gasteiger partial charge in [-0.25, -0.2) is 9.37 Å². The number of carbonyl (C=O) groups excluding carboxylic acids is 1. The largest absolute Gasteiger partial charge is 0.486 e. The van der Waals surface area contributed by atoms with Crippen molar-refractivity contribution in [1.82, 2.24) is 9.55 Å².